The van der Waals surface area contributed by atoms with Crippen molar-refractivity contribution in [1.29, 1.82) is 0 Å². The van der Waals surface area contributed by atoms with E-state index in [1.165, 1.54) is 0 Å². The number of ether oxygens (including phenoxy) is 2. The molecule has 5 rings (SSSR count). The van der Waals surface area contributed by atoms with Crippen molar-refractivity contribution in [3.63, 3.8) is 0 Å². The van der Waals surface area contributed by atoms with Crippen LogP contribution in [0.2, 0.25) is 5.02 Å². The summed E-state index contributed by atoms with van der Waals surface area (Å²) in [5, 5.41) is 3.97. The highest BCUT2D eigenvalue weighted by molar-refractivity contribution is 14.1. The normalized spacial score (nSPS) is 16.4. The van der Waals surface area contributed by atoms with Gasteiger partial charge in [-0.1, -0.05) is 60.1 Å². The molecule has 7 heteroatoms. The second kappa shape index (κ2) is 10.1. The van der Waals surface area contributed by atoms with Crippen LogP contribution in [0, 0.1) is 3.57 Å². The van der Waals surface area contributed by atoms with Gasteiger partial charge in [0.25, 0.3) is 0 Å². The quantitative estimate of drug-likeness (QED) is 0.250. The average Bonchev–Trinajstić information content (AvgIpc) is 3.15. The molecule has 1 atom stereocenters. The van der Waals surface area contributed by atoms with Crippen LogP contribution in [0.1, 0.15) is 46.8 Å². The lowest BCUT2D eigenvalue weighted by molar-refractivity contribution is -0.138. The Hall–Kier alpha value is -3.10. The fourth-order valence-electron chi connectivity index (χ4n) is 4.73. The molecule has 182 valence electrons. The number of hydrogen-bond donors (Lipinski definition) is 1. The zero-order valence-electron chi connectivity index (χ0n) is 19.7. The molecule has 3 aromatic rings. The smallest absolute Gasteiger partial charge is 0.336 e. The molecule has 0 amide bonds. The van der Waals surface area contributed by atoms with E-state index in [0.717, 1.165) is 26.0 Å². The van der Waals surface area contributed by atoms with Gasteiger partial charge >= 0.3 is 5.97 Å². The zero-order chi connectivity index (χ0) is 25.4. The number of ketones is 1. The third kappa shape index (κ3) is 4.33. The fraction of sp³-hybridized carbons (Fsp3) is 0.172. The Kier molecular flexibility index (Phi) is 6.90. The van der Waals surface area contributed by atoms with Crippen LogP contribution < -0.4 is 10.1 Å². The molecule has 5 nitrogen and oxygen atoms in total. The largest absolute Gasteiger partial charge is 0.488 e. The first kappa shape index (κ1) is 24.6. The van der Waals surface area contributed by atoms with Gasteiger partial charge in [0.1, 0.15) is 12.4 Å². The number of carbonyl (C=O) groups is 2. The van der Waals surface area contributed by atoms with Crippen LogP contribution in [0.25, 0.3) is 5.70 Å². The Morgan fingerprint density at radius 3 is 2.50 bits per heavy atom. The third-order valence-electron chi connectivity index (χ3n) is 6.37. The maximum absolute atomic E-state index is 13.6. The molecule has 0 unspecified atom stereocenters. The van der Waals surface area contributed by atoms with Crippen molar-refractivity contribution in [3.8, 4) is 5.75 Å². The third-order valence-corrected chi connectivity index (χ3v) is 7.59. The molecule has 2 aliphatic rings. The summed E-state index contributed by atoms with van der Waals surface area (Å²) < 4.78 is 12.3. The molecule has 0 saturated carbocycles. The molecule has 1 N–H and O–H groups in total. The monoisotopic (exact) mass is 611 g/mol. The molecule has 0 bridgehead atoms. The number of Topliss-reactive ketones (excluding diaryl/α,β-unsaturated/α-hetero) is 1. The summed E-state index contributed by atoms with van der Waals surface area (Å²) in [5.41, 5.74) is 5.62. The van der Waals surface area contributed by atoms with E-state index in [0.29, 0.717) is 39.8 Å². The van der Waals surface area contributed by atoms with Crippen molar-refractivity contribution in [2.45, 2.75) is 26.4 Å². The van der Waals surface area contributed by atoms with Crippen LogP contribution in [0.4, 0.5) is 0 Å². The number of carbonyl (C=O) groups excluding carboxylic acids is 2. The number of dihydropyridines is 1. The van der Waals surface area contributed by atoms with Crippen molar-refractivity contribution in [2.75, 3.05) is 6.61 Å². The molecule has 3 aromatic carbocycles. The Labute approximate surface area is 228 Å². The van der Waals surface area contributed by atoms with Gasteiger partial charge in [-0.25, -0.2) is 4.79 Å². The predicted octanol–water partition coefficient (Wildman–Crippen LogP) is 6.66. The second-order valence-corrected chi connectivity index (χ2v) is 10.1. The molecule has 0 aromatic heterocycles. The highest BCUT2D eigenvalue weighted by Gasteiger charge is 2.43. The Balaban J connectivity index is 1.55. The molecule has 0 radical (unpaired) electrons. The number of halogens is 2. The van der Waals surface area contributed by atoms with Crippen molar-refractivity contribution in [2.24, 2.45) is 0 Å². The molecule has 1 heterocycles. The van der Waals surface area contributed by atoms with E-state index in [-0.39, 0.29) is 12.4 Å². The van der Waals surface area contributed by atoms with Gasteiger partial charge in [0.15, 0.2) is 5.78 Å². The molecule has 36 heavy (non-hydrogen) atoms. The minimum absolute atomic E-state index is 0.0820. The maximum Gasteiger partial charge on any atom is 0.336 e. The number of hydrogen-bond acceptors (Lipinski definition) is 5. The van der Waals surface area contributed by atoms with Gasteiger partial charge in [-0.05, 0) is 60.2 Å². The van der Waals surface area contributed by atoms with Crippen molar-refractivity contribution >= 4 is 51.6 Å². The SMILES string of the molecule is CCOC(=O)C1=C(C)NC2=C(C(=O)c3ccccc32)[C@@H]1c1ccc(OCc2ccccc2Cl)c(I)c1. The molecule has 1 aliphatic carbocycles. The van der Waals surface area contributed by atoms with Gasteiger partial charge in [0.2, 0.25) is 0 Å². The van der Waals surface area contributed by atoms with Gasteiger partial charge in [-0.15, -0.1) is 0 Å². The Bertz CT molecular complexity index is 1460. The van der Waals surface area contributed by atoms with Gasteiger partial charge in [-0.2, -0.15) is 0 Å². The van der Waals surface area contributed by atoms with E-state index >= 15 is 0 Å². The first-order valence-corrected chi connectivity index (χ1v) is 13.0. The first-order valence-electron chi connectivity index (χ1n) is 11.6. The lowest BCUT2D eigenvalue weighted by Crippen LogP contribution is -2.29. The van der Waals surface area contributed by atoms with Crippen LogP contribution in [0.5, 0.6) is 5.75 Å². The number of nitrogens with one attached hydrogen (secondary N) is 1. The summed E-state index contributed by atoms with van der Waals surface area (Å²) in [6.45, 7) is 4.20. The van der Waals surface area contributed by atoms with Crippen molar-refractivity contribution < 1.29 is 19.1 Å². The molecular formula is C29H23ClINO4. The van der Waals surface area contributed by atoms with Crippen LogP contribution in [-0.4, -0.2) is 18.4 Å². The van der Waals surface area contributed by atoms with Crippen molar-refractivity contribution in [3.05, 3.63) is 114 Å². The van der Waals surface area contributed by atoms with E-state index in [1.54, 1.807) is 6.92 Å². The van der Waals surface area contributed by atoms with Gasteiger partial charge in [-0.3, -0.25) is 4.79 Å². The molecular weight excluding hydrogens is 589 g/mol. The fourth-order valence-corrected chi connectivity index (χ4v) is 5.61. The number of rotatable bonds is 6. The summed E-state index contributed by atoms with van der Waals surface area (Å²) in [6, 6.07) is 20.8. The molecule has 0 fully saturated rings. The minimum atomic E-state index is -0.564. The summed E-state index contributed by atoms with van der Waals surface area (Å²) in [5.74, 6) is -0.383. The Morgan fingerprint density at radius 2 is 1.78 bits per heavy atom. The van der Waals surface area contributed by atoms with E-state index in [4.69, 9.17) is 21.1 Å². The first-order chi connectivity index (χ1) is 17.4. The number of esters is 1. The van der Waals surface area contributed by atoms with Crippen LogP contribution >= 0.6 is 34.2 Å². The number of allylic oxidation sites excluding steroid dienone is 2. The summed E-state index contributed by atoms with van der Waals surface area (Å²) in [4.78, 5) is 26.7. The highest BCUT2D eigenvalue weighted by atomic mass is 127. The van der Waals surface area contributed by atoms with Gasteiger partial charge in [0, 0.05) is 38.9 Å². The van der Waals surface area contributed by atoms with E-state index in [1.807, 2.05) is 73.7 Å². The number of fused-ring (bicyclic) bond motifs is 2. The van der Waals surface area contributed by atoms with Gasteiger partial charge < -0.3 is 14.8 Å². The average molecular weight is 612 g/mol. The van der Waals surface area contributed by atoms with E-state index < -0.39 is 11.9 Å². The van der Waals surface area contributed by atoms with Crippen LogP contribution in [0.3, 0.4) is 0 Å². The second-order valence-electron chi connectivity index (χ2n) is 8.55. The predicted molar refractivity (Wildman–Crippen MR) is 148 cm³/mol. The molecule has 1 aliphatic heterocycles. The minimum Gasteiger partial charge on any atom is -0.488 e. The van der Waals surface area contributed by atoms with Crippen LogP contribution in [0.15, 0.2) is 83.6 Å². The summed E-state index contributed by atoms with van der Waals surface area (Å²) in [6.07, 6.45) is 0. The molecule has 0 saturated heterocycles. The summed E-state index contributed by atoms with van der Waals surface area (Å²) >= 11 is 8.49. The Morgan fingerprint density at radius 1 is 1.06 bits per heavy atom. The summed E-state index contributed by atoms with van der Waals surface area (Å²) in [7, 11) is 0. The number of benzene rings is 3. The standard InChI is InChI=1S/C29H23ClINO4/c1-3-35-29(34)24-16(2)32-27-19-9-5-6-10-20(19)28(33)26(27)25(24)17-12-13-23(22(31)14-17)36-15-18-8-4-7-11-21(18)30/h4-14,25,32H,3,15H2,1-2H3/t25-/m1/s1. The van der Waals surface area contributed by atoms with E-state index in [2.05, 4.69) is 27.9 Å². The van der Waals surface area contributed by atoms with E-state index in [9.17, 15) is 9.59 Å². The lowest BCUT2D eigenvalue weighted by Gasteiger charge is -2.29. The zero-order valence-corrected chi connectivity index (χ0v) is 22.6. The van der Waals surface area contributed by atoms with Gasteiger partial charge in [0.05, 0.1) is 21.4 Å². The maximum atomic E-state index is 13.6. The molecule has 0 spiro atoms. The highest BCUT2D eigenvalue weighted by Crippen LogP contribution is 2.47. The topological polar surface area (TPSA) is 64.6 Å². The van der Waals surface area contributed by atoms with Crippen molar-refractivity contribution in [1.82, 2.24) is 5.32 Å². The van der Waals surface area contributed by atoms with Crippen LogP contribution in [-0.2, 0) is 16.1 Å². The lowest BCUT2D eigenvalue weighted by atomic mass is 9.80.